The predicted octanol–water partition coefficient (Wildman–Crippen LogP) is 15.3. The molecule has 0 saturated carbocycles. The average Bonchev–Trinajstić information content (AvgIpc) is 0.911. The second-order valence-corrected chi connectivity index (χ2v) is 34.1. The van der Waals surface area contributed by atoms with E-state index < -0.39 is 72.4 Å². The van der Waals surface area contributed by atoms with E-state index in [0.29, 0.717) is 64.2 Å². The van der Waals surface area contributed by atoms with E-state index in [1.165, 1.54) is 167 Å². The fraction of sp³-hybridized carbons (Fsp3) is 0.888. The van der Waals surface area contributed by atoms with Crippen LogP contribution in [0.15, 0.2) is 24.3 Å². The summed E-state index contributed by atoms with van der Waals surface area (Å²) in [6.45, 7) is 10.7. The Hall–Kier alpha value is -1.56. The number of hydrogen-bond acceptors (Lipinski definition) is 18. The molecule has 4 amide bonds. The van der Waals surface area contributed by atoms with Gasteiger partial charge in [-0.15, -0.1) is 0 Å². The Kier molecular flexibility index (Phi) is 90.7. The molecule has 0 aliphatic heterocycles. The Bertz CT molecular complexity index is 2250. The minimum absolute atomic E-state index is 0. The van der Waals surface area contributed by atoms with Gasteiger partial charge in [0.25, 0.3) is 15.6 Å². The number of unbranched alkanes of at least 4 members (excludes halogenated alkanes) is 42. The van der Waals surface area contributed by atoms with Crippen molar-refractivity contribution in [1.82, 2.24) is 21.3 Å². The molecule has 0 aliphatic carbocycles. The van der Waals surface area contributed by atoms with Crippen LogP contribution in [0.4, 0.5) is 0 Å². The molecule has 0 aliphatic rings. The van der Waals surface area contributed by atoms with E-state index >= 15 is 0 Å². The van der Waals surface area contributed by atoms with E-state index in [1.807, 2.05) is 0 Å². The van der Waals surface area contributed by atoms with Gasteiger partial charge < -0.3 is 68.1 Å². The third kappa shape index (κ3) is 85.8. The molecular formula is C89H168N4Na2O18P2. The van der Waals surface area contributed by atoms with Gasteiger partial charge >= 0.3 is 71.1 Å². The summed E-state index contributed by atoms with van der Waals surface area (Å²) >= 11 is 0. The minimum atomic E-state index is -4.99. The van der Waals surface area contributed by atoms with Gasteiger partial charge in [0.15, 0.2) is 0 Å². The van der Waals surface area contributed by atoms with E-state index in [9.17, 15) is 47.7 Å². The number of rotatable bonds is 88. The van der Waals surface area contributed by atoms with Crippen molar-refractivity contribution < 1.29 is 144 Å². The maximum Gasteiger partial charge on any atom is 1.00 e. The molecule has 26 heteroatoms. The SMILES string of the molecule is CCCCCC/C=C\CCCC(=O)O[C@H](CCCCCCC)CCOCC(COP(=O)([O-])OCCNC(=O)CC(=O)NCCOP(=O)([O-])OCC(COCC[C@@H](CCCCCCC)OC(=O)CCC/C=C\CCCCCC)NC(=O)CCCCCCCCCCCCCCC)NC(=O)CCCCCCCCCCCCCCC.[Na+].[Na+]. The van der Waals surface area contributed by atoms with Gasteiger partial charge in [0.2, 0.25) is 23.6 Å². The fourth-order valence-corrected chi connectivity index (χ4v) is 14.8. The summed E-state index contributed by atoms with van der Waals surface area (Å²) in [4.78, 5) is 104. The molecule has 0 spiro atoms. The second-order valence-electron chi connectivity index (χ2n) is 31.3. The molecule has 4 unspecified atom stereocenters. The number of nitrogens with one attached hydrogen (secondary N) is 4. The zero-order valence-corrected chi connectivity index (χ0v) is 80.4. The van der Waals surface area contributed by atoms with Gasteiger partial charge in [-0.1, -0.05) is 310 Å². The number of hydrogen-bond donors (Lipinski definition) is 4. The number of phosphoric acid groups is 2. The molecule has 0 aromatic heterocycles. The van der Waals surface area contributed by atoms with E-state index in [-0.39, 0.29) is 147 Å². The van der Waals surface area contributed by atoms with Crippen LogP contribution in [0.2, 0.25) is 0 Å². The molecule has 0 saturated heterocycles. The zero-order valence-electron chi connectivity index (χ0n) is 74.7. The van der Waals surface area contributed by atoms with Crippen LogP contribution < -0.4 is 90.2 Å². The summed E-state index contributed by atoms with van der Waals surface area (Å²) in [5.74, 6) is -2.57. The van der Waals surface area contributed by atoms with Gasteiger partial charge in [0.05, 0.1) is 64.9 Å². The van der Waals surface area contributed by atoms with Crippen molar-refractivity contribution in [1.29, 1.82) is 0 Å². The Balaban J connectivity index is -0.0000627. The number of allylic oxidation sites excluding steroid dienone is 4. The van der Waals surface area contributed by atoms with Crippen LogP contribution in [0.25, 0.3) is 0 Å². The molecule has 6 atom stereocenters. The monoisotopic (exact) mass is 1690 g/mol. The van der Waals surface area contributed by atoms with Crippen molar-refractivity contribution in [2.75, 3.05) is 65.9 Å². The fourth-order valence-electron chi connectivity index (χ4n) is 13.3. The molecule has 115 heavy (non-hydrogen) atoms. The summed E-state index contributed by atoms with van der Waals surface area (Å²) in [7, 11) is -9.99. The van der Waals surface area contributed by atoms with Crippen LogP contribution in [0.1, 0.15) is 420 Å². The average molecular weight is 1690 g/mol. The summed E-state index contributed by atoms with van der Waals surface area (Å²) in [5.41, 5.74) is 0. The maximum absolute atomic E-state index is 13.3. The van der Waals surface area contributed by atoms with Gasteiger partial charge in [0, 0.05) is 51.6 Å². The van der Waals surface area contributed by atoms with E-state index in [4.69, 9.17) is 37.0 Å². The molecule has 0 rings (SSSR count). The molecular weight excluding hydrogens is 1520 g/mol. The number of esters is 2. The summed E-state index contributed by atoms with van der Waals surface area (Å²) < 4.78 is 70.8. The number of amides is 4. The van der Waals surface area contributed by atoms with Crippen LogP contribution in [0.3, 0.4) is 0 Å². The normalized spacial score (nSPS) is 13.6. The quantitative estimate of drug-likeness (QED) is 0.0110. The summed E-state index contributed by atoms with van der Waals surface area (Å²) in [6, 6.07) is -1.74. The first kappa shape index (κ1) is 118. The molecule has 4 N–H and O–H groups in total. The second kappa shape index (κ2) is 88.7. The molecule has 0 heterocycles. The molecule has 0 fully saturated rings. The Morgan fingerprint density at radius 2 is 0.574 bits per heavy atom. The number of phosphoric ester groups is 2. The topological polar surface area (TPSA) is 305 Å². The van der Waals surface area contributed by atoms with Gasteiger partial charge in [0.1, 0.15) is 18.6 Å². The third-order valence-corrected chi connectivity index (χ3v) is 22.2. The number of carbonyl (C=O) groups excluding carboxylic acids is 6. The first-order valence-electron chi connectivity index (χ1n) is 46.1. The van der Waals surface area contributed by atoms with Crippen LogP contribution in [-0.2, 0) is 74.9 Å². The van der Waals surface area contributed by atoms with E-state index in [1.54, 1.807) is 0 Å². The summed E-state index contributed by atoms with van der Waals surface area (Å²) in [5, 5.41) is 10.6. The first-order valence-corrected chi connectivity index (χ1v) is 49.0. The van der Waals surface area contributed by atoms with E-state index in [0.717, 1.165) is 128 Å². The molecule has 0 radical (unpaired) electrons. The Labute approximate surface area is 745 Å². The molecule has 0 aromatic carbocycles. The van der Waals surface area contributed by atoms with Crippen molar-refractivity contribution in [3.05, 3.63) is 24.3 Å². The third-order valence-electron chi connectivity index (χ3n) is 20.2. The largest absolute Gasteiger partial charge is 1.00 e. The molecule has 22 nitrogen and oxygen atoms in total. The standard InChI is InChI=1S/C89H170N4O18P2.2Na/c1-7-13-19-25-29-33-35-37-39-43-45-51-57-63-84(94)92-80(76-104-71-67-82(61-55-49-23-17-11-5)110-88(98)65-59-53-47-41-31-27-21-15-9-3)78-108-112(100,101)106-73-69-90-86(96)75-87(97)91-70-74-107-113(102,103)109-79-81(93-85(95)64-58-52-46-44-40-38-36-34-30-26-20-14-8-2)77-105-72-68-83(62-56-50-24-18-12-6)111-89(99)66-60-54-48-42-32-28-22-16-10-4;;/h41-42,47-48,80-83H,7-40,43-46,49-79H2,1-6H3,(H,90,96)(H,91,97)(H,92,94)(H,93,95)(H,100,101)(H,102,103);;/q;2*+1/p-2/b47-41-,48-42-;;/t80?,81?,82-,83-;;/m1../s1. The van der Waals surface area contributed by atoms with Gasteiger partial charge in [-0.3, -0.25) is 37.9 Å². The van der Waals surface area contributed by atoms with Crippen LogP contribution in [0, 0.1) is 0 Å². The van der Waals surface area contributed by atoms with Gasteiger partial charge in [-0.05, 0) is 89.9 Å². The molecule has 0 bridgehead atoms. The zero-order chi connectivity index (χ0) is 82.9. The predicted molar refractivity (Wildman–Crippen MR) is 455 cm³/mol. The van der Waals surface area contributed by atoms with Crippen molar-refractivity contribution in [3.8, 4) is 0 Å². The van der Waals surface area contributed by atoms with Crippen molar-refractivity contribution in [2.24, 2.45) is 0 Å². The maximum atomic E-state index is 13.3. The van der Waals surface area contributed by atoms with Crippen molar-refractivity contribution >= 4 is 51.2 Å². The van der Waals surface area contributed by atoms with Crippen molar-refractivity contribution in [3.63, 3.8) is 0 Å². The Morgan fingerprint density at radius 3 is 0.878 bits per heavy atom. The first-order chi connectivity index (χ1) is 54.9. The molecule has 664 valence electrons. The number of ether oxygens (including phenoxy) is 4. The molecule has 0 aromatic rings. The van der Waals surface area contributed by atoms with E-state index in [2.05, 4.69) is 87.1 Å². The van der Waals surface area contributed by atoms with Gasteiger partial charge in [-0.2, -0.15) is 0 Å². The van der Waals surface area contributed by atoms with Crippen molar-refractivity contribution in [2.45, 2.75) is 445 Å². The Morgan fingerprint density at radius 1 is 0.304 bits per heavy atom. The van der Waals surface area contributed by atoms with Crippen LogP contribution in [-0.4, -0.2) is 126 Å². The summed E-state index contributed by atoms with van der Waals surface area (Å²) in [6.07, 6.45) is 66.3. The van der Waals surface area contributed by atoms with Crippen LogP contribution in [0.5, 0.6) is 0 Å². The minimum Gasteiger partial charge on any atom is -0.756 e. The van der Waals surface area contributed by atoms with Gasteiger partial charge in [-0.25, -0.2) is 0 Å². The van der Waals surface area contributed by atoms with Crippen LogP contribution >= 0.6 is 15.6 Å². The smallest absolute Gasteiger partial charge is 0.756 e. The number of carbonyl (C=O) groups is 6.